The van der Waals surface area contributed by atoms with E-state index >= 15 is 0 Å². The van der Waals surface area contributed by atoms with Gasteiger partial charge in [0.15, 0.2) is 0 Å². The van der Waals surface area contributed by atoms with Gasteiger partial charge in [-0.05, 0) is 12.8 Å². The number of aliphatic hydroxyl groups excluding tert-OH is 1. The van der Waals surface area contributed by atoms with Gasteiger partial charge in [0.2, 0.25) is 0 Å². The lowest BCUT2D eigenvalue weighted by Gasteiger charge is -2.11. The van der Waals surface area contributed by atoms with E-state index in [1.165, 1.54) is 0 Å². The van der Waals surface area contributed by atoms with Crippen molar-refractivity contribution in [2.45, 2.75) is 23.8 Å². The van der Waals surface area contributed by atoms with Crippen LogP contribution in [0.25, 0.3) is 0 Å². The highest BCUT2D eigenvalue weighted by Gasteiger charge is 2.46. The average Bonchev–Trinajstić information content (AvgIpc) is 2.47. The number of halogens is 1. The predicted molar refractivity (Wildman–Crippen MR) is 32.9 cm³/mol. The smallest absolute Gasteiger partial charge is 0.0853 e. The van der Waals surface area contributed by atoms with Crippen molar-refractivity contribution in [1.29, 1.82) is 0 Å². The van der Waals surface area contributed by atoms with Gasteiger partial charge in [-0.1, -0.05) is 0 Å². The molecule has 0 aliphatic heterocycles. The van der Waals surface area contributed by atoms with Crippen molar-refractivity contribution in [3.8, 4) is 0 Å². The van der Waals surface area contributed by atoms with Crippen molar-refractivity contribution in [3.05, 3.63) is 0 Å². The van der Waals surface area contributed by atoms with Gasteiger partial charge in [-0.2, -0.15) is 0 Å². The van der Waals surface area contributed by atoms with E-state index in [0.29, 0.717) is 0 Å². The Hall–Kier alpha value is 0.210. The summed E-state index contributed by atoms with van der Waals surface area (Å²) < 4.78 is 0. The largest absolute Gasteiger partial charge is 0.390 e. The summed E-state index contributed by atoms with van der Waals surface area (Å²) in [5.74, 6) is 0. The molecule has 0 heterocycles. The molecule has 1 saturated carbocycles. The summed E-state index contributed by atoms with van der Waals surface area (Å²) in [7, 11) is 0. The lowest BCUT2D eigenvalue weighted by atomic mass is 10.2. The minimum absolute atomic E-state index is 0.281. The first-order valence-electron chi connectivity index (χ1n) is 2.76. The van der Waals surface area contributed by atoms with Gasteiger partial charge in [0, 0.05) is 6.54 Å². The van der Waals surface area contributed by atoms with Gasteiger partial charge in [0.1, 0.15) is 0 Å². The minimum atomic E-state index is -0.496. The van der Waals surface area contributed by atoms with Crippen LogP contribution in [-0.2, 0) is 0 Å². The van der Waals surface area contributed by atoms with E-state index in [1.807, 2.05) is 0 Å². The molecule has 0 saturated heterocycles. The van der Waals surface area contributed by atoms with Gasteiger partial charge in [-0.25, -0.2) is 0 Å². The molecule has 0 spiro atoms. The highest BCUT2D eigenvalue weighted by atomic mass is 35.5. The number of hydrogen-bond acceptors (Lipinski definition) is 2. The van der Waals surface area contributed by atoms with E-state index < -0.39 is 6.10 Å². The van der Waals surface area contributed by atoms with Crippen molar-refractivity contribution < 1.29 is 5.11 Å². The second-order valence-corrected chi connectivity index (χ2v) is 3.04. The first kappa shape index (κ1) is 6.33. The van der Waals surface area contributed by atoms with E-state index in [-0.39, 0.29) is 11.4 Å². The third-order valence-corrected chi connectivity index (χ3v) is 2.18. The Morgan fingerprint density at radius 3 is 2.38 bits per heavy atom. The molecule has 0 aromatic carbocycles. The summed E-state index contributed by atoms with van der Waals surface area (Å²) >= 11 is 5.76. The summed E-state index contributed by atoms with van der Waals surface area (Å²) in [5.41, 5.74) is 5.16. The number of alkyl halides is 1. The minimum Gasteiger partial charge on any atom is -0.390 e. The van der Waals surface area contributed by atoms with Crippen molar-refractivity contribution >= 4 is 11.6 Å². The van der Waals surface area contributed by atoms with Crippen molar-refractivity contribution in [1.82, 2.24) is 0 Å². The van der Waals surface area contributed by atoms with Crippen LogP contribution in [0.4, 0.5) is 0 Å². The van der Waals surface area contributed by atoms with Gasteiger partial charge in [-0.3, -0.25) is 0 Å². The second kappa shape index (κ2) is 1.87. The highest BCUT2D eigenvalue weighted by Crippen LogP contribution is 2.45. The molecule has 1 atom stereocenters. The van der Waals surface area contributed by atoms with Gasteiger partial charge in [0.25, 0.3) is 0 Å². The number of hydrogen-bond donors (Lipinski definition) is 2. The van der Waals surface area contributed by atoms with Crippen LogP contribution in [-0.4, -0.2) is 22.6 Å². The monoisotopic (exact) mass is 135 g/mol. The first-order valence-corrected chi connectivity index (χ1v) is 3.14. The molecule has 1 rings (SSSR count). The van der Waals surface area contributed by atoms with E-state index in [9.17, 15) is 0 Å². The zero-order chi connectivity index (χ0) is 6.20. The van der Waals surface area contributed by atoms with Crippen LogP contribution in [0, 0.1) is 0 Å². The van der Waals surface area contributed by atoms with E-state index in [2.05, 4.69) is 0 Å². The molecule has 3 heteroatoms. The molecular weight excluding hydrogens is 126 g/mol. The van der Waals surface area contributed by atoms with Crippen molar-refractivity contribution in [2.24, 2.45) is 5.73 Å². The summed E-state index contributed by atoms with van der Waals surface area (Å²) in [6, 6.07) is 0. The maximum Gasteiger partial charge on any atom is 0.0853 e. The maximum atomic E-state index is 9.00. The Kier molecular flexibility index (Phi) is 1.48. The summed E-state index contributed by atoms with van der Waals surface area (Å²) in [5, 5.41) is 9.00. The molecule has 0 aromatic heterocycles. The maximum absolute atomic E-state index is 9.00. The first-order chi connectivity index (χ1) is 3.69. The molecule has 2 nitrogen and oxygen atoms in total. The predicted octanol–water partition coefficient (Wildman–Crippen LogP) is 0.0774. The van der Waals surface area contributed by atoms with Crippen LogP contribution in [0.2, 0.25) is 0 Å². The van der Waals surface area contributed by atoms with Crippen LogP contribution < -0.4 is 5.73 Å². The number of aliphatic hydroxyl groups is 1. The average molecular weight is 136 g/mol. The fraction of sp³-hybridized carbons (Fsp3) is 1.00. The SMILES string of the molecule is NC[C@H](O)C1(Cl)CC1. The topological polar surface area (TPSA) is 46.2 Å². The van der Waals surface area contributed by atoms with E-state index in [0.717, 1.165) is 12.8 Å². The zero-order valence-electron chi connectivity index (χ0n) is 4.60. The summed E-state index contributed by atoms with van der Waals surface area (Å²) in [6.45, 7) is 0.281. The van der Waals surface area contributed by atoms with Gasteiger partial charge in [0.05, 0.1) is 11.0 Å². The molecule has 8 heavy (non-hydrogen) atoms. The summed E-state index contributed by atoms with van der Waals surface area (Å²) in [6.07, 6.45) is 1.32. The Labute approximate surface area is 53.6 Å². The second-order valence-electron chi connectivity index (χ2n) is 2.29. The lowest BCUT2D eigenvalue weighted by Crippen LogP contribution is -2.30. The van der Waals surface area contributed by atoms with Gasteiger partial charge in [-0.15, -0.1) is 11.6 Å². The molecule has 1 aliphatic carbocycles. The van der Waals surface area contributed by atoms with Crippen LogP contribution in [0.5, 0.6) is 0 Å². The quantitative estimate of drug-likeness (QED) is 0.527. The normalized spacial score (nSPS) is 27.4. The molecule has 1 aliphatic rings. The zero-order valence-corrected chi connectivity index (χ0v) is 5.36. The van der Waals surface area contributed by atoms with Crippen LogP contribution in [0.3, 0.4) is 0 Å². The van der Waals surface area contributed by atoms with Crippen LogP contribution in [0.1, 0.15) is 12.8 Å². The van der Waals surface area contributed by atoms with Gasteiger partial charge >= 0.3 is 0 Å². The molecule has 0 bridgehead atoms. The molecule has 0 aromatic rings. The highest BCUT2D eigenvalue weighted by molar-refractivity contribution is 6.26. The molecule has 1 fully saturated rings. The lowest BCUT2D eigenvalue weighted by molar-refractivity contribution is 0.170. The van der Waals surface area contributed by atoms with Crippen molar-refractivity contribution in [2.75, 3.05) is 6.54 Å². The Bertz CT molecular complexity index is 92.4. The number of rotatable bonds is 2. The molecule has 0 radical (unpaired) electrons. The molecule has 3 N–H and O–H groups in total. The number of nitrogens with two attached hydrogens (primary N) is 1. The van der Waals surface area contributed by atoms with Crippen molar-refractivity contribution in [3.63, 3.8) is 0 Å². The Balaban J connectivity index is 2.34. The fourth-order valence-corrected chi connectivity index (χ4v) is 0.847. The Morgan fingerprint density at radius 2 is 2.25 bits per heavy atom. The molecular formula is C5H10ClNO. The van der Waals surface area contributed by atoms with E-state index in [4.69, 9.17) is 22.4 Å². The molecule has 0 unspecified atom stereocenters. The standard InChI is InChI=1S/C5H10ClNO/c6-5(1-2-5)4(8)3-7/h4,8H,1-3,7H2/t4-/m0/s1. The van der Waals surface area contributed by atoms with Gasteiger partial charge < -0.3 is 10.8 Å². The van der Waals surface area contributed by atoms with Crippen LogP contribution >= 0.6 is 11.6 Å². The van der Waals surface area contributed by atoms with E-state index in [1.54, 1.807) is 0 Å². The fourth-order valence-electron chi connectivity index (χ4n) is 0.664. The van der Waals surface area contributed by atoms with Crippen LogP contribution in [0.15, 0.2) is 0 Å². The Morgan fingerprint density at radius 1 is 1.75 bits per heavy atom. The molecule has 48 valence electrons. The molecule has 0 amide bonds. The third kappa shape index (κ3) is 0.966. The third-order valence-electron chi connectivity index (χ3n) is 1.55. The summed E-state index contributed by atoms with van der Waals surface area (Å²) in [4.78, 5) is -0.339.